The molecule has 1 atom stereocenters. The smallest absolute Gasteiger partial charge is 0.315 e. The summed E-state index contributed by atoms with van der Waals surface area (Å²) in [6, 6.07) is 10.4. The summed E-state index contributed by atoms with van der Waals surface area (Å²) < 4.78 is 0. The maximum Gasteiger partial charge on any atom is 0.315 e. The molecule has 0 bridgehead atoms. The zero-order valence-corrected chi connectivity index (χ0v) is 15.8. The van der Waals surface area contributed by atoms with Crippen LogP contribution in [0.4, 0.5) is 4.79 Å². The van der Waals surface area contributed by atoms with Crippen molar-refractivity contribution in [2.24, 2.45) is 0 Å². The van der Waals surface area contributed by atoms with Crippen molar-refractivity contribution in [2.45, 2.75) is 83.5 Å². The Bertz CT molecular complexity index is 523. The van der Waals surface area contributed by atoms with Crippen molar-refractivity contribution >= 4 is 6.03 Å². The molecule has 0 spiro atoms. The number of carbonyl (C=O) groups excluding carboxylic acids is 1. The molecule has 1 saturated heterocycles. The molecule has 1 aromatic carbocycles. The minimum absolute atomic E-state index is 0.0297. The minimum atomic E-state index is -0.0594. The highest BCUT2D eigenvalue weighted by Crippen LogP contribution is 2.28. The van der Waals surface area contributed by atoms with Crippen LogP contribution in [0.5, 0.6) is 0 Å². The van der Waals surface area contributed by atoms with Gasteiger partial charge in [-0.05, 0) is 52.5 Å². The van der Waals surface area contributed by atoms with Gasteiger partial charge in [0, 0.05) is 17.1 Å². The molecule has 0 saturated carbocycles. The molecule has 0 aliphatic carbocycles. The molecule has 1 aliphatic heterocycles. The van der Waals surface area contributed by atoms with Gasteiger partial charge in [0.2, 0.25) is 0 Å². The lowest BCUT2D eigenvalue weighted by molar-refractivity contribution is 0.147. The first-order valence-electron chi connectivity index (χ1n) is 9.12. The van der Waals surface area contributed by atoms with Crippen LogP contribution in [0.25, 0.3) is 0 Å². The molecular formula is C20H33N3O. The number of urea groups is 1. The van der Waals surface area contributed by atoms with Crippen molar-refractivity contribution in [1.29, 1.82) is 0 Å². The quantitative estimate of drug-likeness (QED) is 0.759. The fraction of sp³-hybridized carbons (Fsp3) is 0.650. The number of hydrogen-bond donors (Lipinski definition) is 3. The van der Waals surface area contributed by atoms with E-state index in [2.05, 4.69) is 62.7 Å². The normalized spacial score (nSPS) is 21.0. The number of carbonyl (C=O) groups is 1. The second kappa shape index (κ2) is 7.56. The number of amides is 2. The summed E-state index contributed by atoms with van der Waals surface area (Å²) in [5.41, 5.74) is 1.23. The summed E-state index contributed by atoms with van der Waals surface area (Å²) >= 11 is 0. The van der Waals surface area contributed by atoms with Crippen molar-refractivity contribution in [3.8, 4) is 0 Å². The van der Waals surface area contributed by atoms with E-state index in [1.165, 1.54) is 5.56 Å². The summed E-state index contributed by atoms with van der Waals surface area (Å²) in [7, 11) is 0. The maximum atomic E-state index is 12.5. The van der Waals surface area contributed by atoms with Gasteiger partial charge >= 0.3 is 6.03 Å². The molecule has 2 rings (SSSR count). The highest BCUT2D eigenvalue weighted by molar-refractivity contribution is 5.74. The first kappa shape index (κ1) is 18.8. The molecule has 1 unspecified atom stereocenters. The van der Waals surface area contributed by atoms with Gasteiger partial charge in [-0.25, -0.2) is 4.79 Å². The average Bonchev–Trinajstić information content (AvgIpc) is 2.44. The Kier molecular flexibility index (Phi) is 5.92. The summed E-state index contributed by atoms with van der Waals surface area (Å²) in [5, 5.41) is 10.0. The van der Waals surface area contributed by atoms with Crippen molar-refractivity contribution in [3.63, 3.8) is 0 Å². The van der Waals surface area contributed by atoms with E-state index in [1.54, 1.807) is 0 Å². The fourth-order valence-corrected chi connectivity index (χ4v) is 4.11. The Morgan fingerprint density at radius 2 is 1.75 bits per heavy atom. The Morgan fingerprint density at radius 3 is 2.29 bits per heavy atom. The Balaban J connectivity index is 1.98. The van der Waals surface area contributed by atoms with Crippen LogP contribution in [0.3, 0.4) is 0 Å². The van der Waals surface area contributed by atoms with Crippen LogP contribution in [0.15, 0.2) is 30.3 Å². The summed E-state index contributed by atoms with van der Waals surface area (Å²) in [6.45, 7) is 10.9. The zero-order chi connectivity index (χ0) is 17.8. The number of piperidine rings is 1. The van der Waals surface area contributed by atoms with E-state index < -0.39 is 0 Å². The molecule has 4 nitrogen and oxygen atoms in total. The second-order valence-electron chi connectivity index (χ2n) is 8.37. The first-order chi connectivity index (χ1) is 11.2. The van der Waals surface area contributed by atoms with Gasteiger partial charge in [0.15, 0.2) is 0 Å². The lowest BCUT2D eigenvalue weighted by Crippen LogP contribution is -2.62. The fourth-order valence-electron chi connectivity index (χ4n) is 4.11. The van der Waals surface area contributed by atoms with Crippen LogP contribution in [0.2, 0.25) is 0 Å². The van der Waals surface area contributed by atoms with Crippen molar-refractivity contribution in [2.75, 3.05) is 0 Å². The third-order valence-corrected chi connectivity index (χ3v) is 4.61. The van der Waals surface area contributed by atoms with Crippen molar-refractivity contribution in [1.82, 2.24) is 16.0 Å². The lowest BCUT2D eigenvalue weighted by atomic mass is 9.80. The third-order valence-electron chi connectivity index (χ3n) is 4.61. The van der Waals surface area contributed by atoms with E-state index in [0.717, 1.165) is 25.7 Å². The molecule has 1 aliphatic rings. The third kappa shape index (κ3) is 5.52. The number of hydrogen-bond acceptors (Lipinski definition) is 2. The number of rotatable bonds is 5. The second-order valence-corrected chi connectivity index (χ2v) is 8.37. The topological polar surface area (TPSA) is 53.2 Å². The minimum Gasteiger partial charge on any atom is -0.335 e. The van der Waals surface area contributed by atoms with Gasteiger partial charge < -0.3 is 16.0 Å². The van der Waals surface area contributed by atoms with Crippen LogP contribution in [0.1, 0.15) is 71.9 Å². The van der Waals surface area contributed by atoms with E-state index in [-0.39, 0.29) is 29.2 Å². The van der Waals surface area contributed by atoms with E-state index in [9.17, 15) is 4.79 Å². The van der Waals surface area contributed by atoms with E-state index in [0.29, 0.717) is 0 Å². The first-order valence-corrected chi connectivity index (χ1v) is 9.12. The molecule has 2 amide bonds. The van der Waals surface area contributed by atoms with Gasteiger partial charge in [-0.3, -0.25) is 0 Å². The molecule has 1 aromatic rings. The van der Waals surface area contributed by atoms with Gasteiger partial charge in [0.1, 0.15) is 0 Å². The van der Waals surface area contributed by atoms with Crippen LogP contribution >= 0.6 is 0 Å². The van der Waals surface area contributed by atoms with E-state index >= 15 is 0 Å². The molecule has 134 valence electrons. The van der Waals surface area contributed by atoms with Crippen molar-refractivity contribution < 1.29 is 4.79 Å². The number of nitrogens with one attached hydrogen (secondary N) is 3. The Hall–Kier alpha value is -1.55. The highest BCUT2D eigenvalue weighted by Gasteiger charge is 2.38. The van der Waals surface area contributed by atoms with Crippen molar-refractivity contribution in [3.05, 3.63) is 35.9 Å². The predicted octanol–water partition coefficient (Wildman–Crippen LogP) is 4.14. The Labute approximate surface area is 146 Å². The largest absolute Gasteiger partial charge is 0.335 e. The van der Waals surface area contributed by atoms with Gasteiger partial charge in [0.05, 0.1) is 6.04 Å². The summed E-state index contributed by atoms with van der Waals surface area (Å²) in [5.74, 6) is 0. The molecule has 0 aromatic heterocycles. The van der Waals surface area contributed by atoms with Gasteiger partial charge in [-0.1, -0.05) is 43.7 Å². The molecule has 0 radical (unpaired) electrons. The van der Waals surface area contributed by atoms with E-state index in [4.69, 9.17) is 0 Å². The number of benzene rings is 1. The summed E-state index contributed by atoms with van der Waals surface area (Å²) in [6.07, 6.45) is 3.86. The average molecular weight is 332 g/mol. The monoisotopic (exact) mass is 331 g/mol. The van der Waals surface area contributed by atoms with Crippen LogP contribution in [-0.4, -0.2) is 23.2 Å². The maximum absolute atomic E-state index is 12.5. The molecule has 3 N–H and O–H groups in total. The Morgan fingerprint density at radius 1 is 1.17 bits per heavy atom. The van der Waals surface area contributed by atoms with Gasteiger partial charge in [-0.15, -0.1) is 0 Å². The summed E-state index contributed by atoms with van der Waals surface area (Å²) in [4.78, 5) is 12.5. The molecule has 1 heterocycles. The van der Waals surface area contributed by atoms with Gasteiger partial charge in [-0.2, -0.15) is 0 Å². The van der Waals surface area contributed by atoms with E-state index in [1.807, 2.05) is 18.2 Å². The van der Waals surface area contributed by atoms with Gasteiger partial charge in [0.25, 0.3) is 0 Å². The zero-order valence-electron chi connectivity index (χ0n) is 15.8. The van der Waals surface area contributed by atoms with Crippen LogP contribution in [0, 0.1) is 0 Å². The molecule has 1 fully saturated rings. The standard InChI is InChI=1S/C20H33N3O/c1-6-10-17(15-11-8-7-9-12-15)22-18(24)21-16-13-19(2,3)23-20(4,5)14-16/h7-9,11-12,16-17,23H,6,10,13-14H2,1-5H3,(H2,21,22,24). The van der Waals surface area contributed by atoms with Crippen LogP contribution in [-0.2, 0) is 0 Å². The highest BCUT2D eigenvalue weighted by atomic mass is 16.2. The SMILES string of the molecule is CCCC(NC(=O)NC1CC(C)(C)NC(C)(C)C1)c1ccccc1. The lowest BCUT2D eigenvalue weighted by Gasteiger charge is -2.46. The molecular weight excluding hydrogens is 298 g/mol. The van der Waals surface area contributed by atoms with Crippen LogP contribution < -0.4 is 16.0 Å². The predicted molar refractivity (Wildman–Crippen MR) is 100 cm³/mol. The molecule has 4 heteroatoms. The molecule has 24 heavy (non-hydrogen) atoms.